The monoisotopic (exact) mass is 442 g/mol. The van der Waals surface area contributed by atoms with Crippen LogP contribution < -0.4 is 15.5 Å². The highest BCUT2D eigenvalue weighted by Crippen LogP contribution is 2.44. The minimum absolute atomic E-state index is 0. The Hall–Kier alpha value is -0.980. The summed E-state index contributed by atoms with van der Waals surface area (Å²) in [5, 5.41) is 7.06. The van der Waals surface area contributed by atoms with Gasteiger partial charge in [-0.05, 0) is 49.3 Å². The van der Waals surface area contributed by atoms with Gasteiger partial charge in [-0.2, -0.15) is 0 Å². The van der Waals surface area contributed by atoms with E-state index in [1.807, 2.05) is 7.05 Å². The lowest BCUT2D eigenvalue weighted by Gasteiger charge is -2.22. The molecule has 2 aliphatic rings. The molecular weight excluding hydrogens is 411 g/mol. The fourth-order valence-electron chi connectivity index (χ4n) is 3.30. The number of anilines is 1. The molecule has 0 spiro atoms. The molecule has 2 fully saturated rings. The summed E-state index contributed by atoms with van der Waals surface area (Å²) in [4.78, 5) is 6.87. The molecule has 1 heterocycles. The van der Waals surface area contributed by atoms with Crippen molar-refractivity contribution < 1.29 is 0 Å². The molecule has 2 N–H and O–H groups in total. The van der Waals surface area contributed by atoms with Gasteiger partial charge in [0.05, 0.1) is 6.04 Å². The Morgan fingerprint density at radius 1 is 1.29 bits per heavy atom. The molecule has 1 aromatic rings. The lowest BCUT2D eigenvalue weighted by molar-refractivity contribution is 0.582. The van der Waals surface area contributed by atoms with Crippen LogP contribution in [0.15, 0.2) is 29.3 Å². The minimum Gasteiger partial charge on any atom is -0.372 e. The number of halogens is 1. The molecule has 0 amide bonds. The Labute approximate surface area is 163 Å². The van der Waals surface area contributed by atoms with Gasteiger partial charge in [0.1, 0.15) is 0 Å². The Morgan fingerprint density at radius 2 is 1.96 bits per heavy atom. The molecule has 24 heavy (non-hydrogen) atoms. The van der Waals surface area contributed by atoms with E-state index in [4.69, 9.17) is 0 Å². The molecule has 1 aliphatic heterocycles. The zero-order chi connectivity index (χ0) is 16.4. The Morgan fingerprint density at radius 3 is 2.54 bits per heavy atom. The normalized spacial score (nSPS) is 23.4. The second kappa shape index (κ2) is 7.93. The van der Waals surface area contributed by atoms with E-state index in [1.165, 1.54) is 43.6 Å². The molecule has 1 saturated heterocycles. The van der Waals surface area contributed by atoms with Crippen molar-refractivity contribution in [1.82, 2.24) is 10.6 Å². The molecular formula is C19H31IN4. The molecule has 4 nitrogen and oxygen atoms in total. The van der Waals surface area contributed by atoms with Crippen molar-refractivity contribution in [3.63, 3.8) is 0 Å². The van der Waals surface area contributed by atoms with Crippen LogP contribution in [0.2, 0.25) is 0 Å². The van der Waals surface area contributed by atoms with Crippen LogP contribution in [0.1, 0.15) is 51.6 Å². The maximum atomic E-state index is 4.38. The largest absolute Gasteiger partial charge is 0.372 e. The van der Waals surface area contributed by atoms with E-state index in [2.05, 4.69) is 65.6 Å². The predicted octanol–water partition coefficient (Wildman–Crippen LogP) is 3.93. The maximum absolute atomic E-state index is 4.38. The van der Waals surface area contributed by atoms with Gasteiger partial charge in [-0.15, -0.1) is 24.0 Å². The van der Waals surface area contributed by atoms with Crippen molar-refractivity contribution in [1.29, 1.82) is 0 Å². The Bertz CT molecular complexity index is 578. The van der Waals surface area contributed by atoms with E-state index in [9.17, 15) is 0 Å². The summed E-state index contributed by atoms with van der Waals surface area (Å²) in [7, 11) is 1.85. The molecule has 0 bridgehead atoms. The third-order valence-electron chi connectivity index (χ3n) is 5.24. The SMILES string of the molecule is CN=C(NC(C)c1cccc(N2CCCC2)c1)NC1CC1(C)C.I. The van der Waals surface area contributed by atoms with E-state index in [1.54, 1.807) is 0 Å². The van der Waals surface area contributed by atoms with Gasteiger partial charge in [0, 0.05) is 31.9 Å². The summed E-state index contributed by atoms with van der Waals surface area (Å²) < 4.78 is 0. The molecule has 134 valence electrons. The van der Waals surface area contributed by atoms with Crippen molar-refractivity contribution in [3.05, 3.63) is 29.8 Å². The molecule has 0 radical (unpaired) electrons. The molecule has 0 aromatic heterocycles. The van der Waals surface area contributed by atoms with Crippen LogP contribution >= 0.6 is 24.0 Å². The molecule has 2 atom stereocenters. The van der Waals surface area contributed by atoms with E-state index < -0.39 is 0 Å². The predicted molar refractivity (Wildman–Crippen MR) is 114 cm³/mol. The lowest BCUT2D eigenvalue weighted by atomic mass is 10.1. The zero-order valence-electron chi connectivity index (χ0n) is 15.3. The van der Waals surface area contributed by atoms with Gasteiger partial charge in [-0.1, -0.05) is 26.0 Å². The van der Waals surface area contributed by atoms with Gasteiger partial charge in [0.15, 0.2) is 5.96 Å². The van der Waals surface area contributed by atoms with Crippen molar-refractivity contribution >= 4 is 35.6 Å². The average Bonchev–Trinajstić information content (AvgIpc) is 2.96. The van der Waals surface area contributed by atoms with Crippen molar-refractivity contribution in [2.24, 2.45) is 10.4 Å². The fourth-order valence-corrected chi connectivity index (χ4v) is 3.30. The van der Waals surface area contributed by atoms with Gasteiger partial charge in [-0.25, -0.2) is 0 Å². The van der Waals surface area contributed by atoms with Crippen LogP contribution in [0, 0.1) is 5.41 Å². The van der Waals surface area contributed by atoms with Crippen LogP contribution in [0.3, 0.4) is 0 Å². The zero-order valence-corrected chi connectivity index (χ0v) is 17.6. The van der Waals surface area contributed by atoms with Crippen LogP contribution in [0.4, 0.5) is 5.69 Å². The molecule has 3 rings (SSSR count). The van der Waals surface area contributed by atoms with Crippen LogP contribution in [0.5, 0.6) is 0 Å². The van der Waals surface area contributed by atoms with Crippen LogP contribution in [0.25, 0.3) is 0 Å². The van der Waals surface area contributed by atoms with Crippen molar-refractivity contribution in [2.75, 3.05) is 25.0 Å². The molecule has 1 aliphatic carbocycles. The summed E-state index contributed by atoms with van der Waals surface area (Å²) in [5.41, 5.74) is 3.06. The third kappa shape index (κ3) is 4.55. The topological polar surface area (TPSA) is 39.7 Å². The Balaban J connectivity index is 0.00000208. The van der Waals surface area contributed by atoms with E-state index in [-0.39, 0.29) is 30.0 Å². The van der Waals surface area contributed by atoms with Gasteiger partial charge in [0.2, 0.25) is 0 Å². The van der Waals surface area contributed by atoms with Crippen LogP contribution in [-0.4, -0.2) is 32.1 Å². The second-order valence-electron chi connectivity index (χ2n) is 7.62. The quantitative estimate of drug-likeness (QED) is 0.422. The van der Waals surface area contributed by atoms with E-state index in [0.717, 1.165) is 5.96 Å². The summed E-state index contributed by atoms with van der Waals surface area (Å²) in [6.07, 6.45) is 3.84. The second-order valence-corrected chi connectivity index (χ2v) is 7.62. The smallest absolute Gasteiger partial charge is 0.191 e. The molecule has 1 aromatic carbocycles. The van der Waals surface area contributed by atoms with Gasteiger partial charge < -0.3 is 15.5 Å². The number of guanidine groups is 1. The summed E-state index contributed by atoms with van der Waals surface area (Å²) in [6, 6.07) is 9.69. The fraction of sp³-hybridized carbons (Fsp3) is 0.632. The molecule has 2 unspecified atom stereocenters. The van der Waals surface area contributed by atoms with Crippen molar-refractivity contribution in [3.8, 4) is 0 Å². The maximum Gasteiger partial charge on any atom is 0.191 e. The number of hydrogen-bond donors (Lipinski definition) is 2. The Kier molecular flexibility index (Phi) is 6.39. The molecule has 1 saturated carbocycles. The van der Waals surface area contributed by atoms with Crippen LogP contribution in [-0.2, 0) is 0 Å². The van der Waals surface area contributed by atoms with Gasteiger partial charge in [0.25, 0.3) is 0 Å². The lowest BCUT2D eigenvalue weighted by Crippen LogP contribution is -2.41. The van der Waals surface area contributed by atoms with Gasteiger partial charge >= 0.3 is 0 Å². The number of hydrogen-bond acceptors (Lipinski definition) is 2. The first kappa shape index (κ1) is 19.3. The van der Waals surface area contributed by atoms with Gasteiger partial charge in [-0.3, -0.25) is 4.99 Å². The summed E-state index contributed by atoms with van der Waals surface area (Å²) in [6.45, 7) is 9.16. The summed E-state index contributed by atoms with van der Waals surface area (Å²) >= 11 is 0. The number of aliphatic imine (C=N–C) groups is 1. The highest BCUT2D eigenvalue weighted by atomic mass is 127. The first-order chi connectivity index (χ1) is 11.0. The standard InChI is InChI=1S/C19H30N4.HI/c1-14(21-18(20-4)22-17-13-19(17,2)3)15-8-7-9-16(12-15)23-10-5-6-11-23;/h7-9,12,14,17H,5-6,10-11,13H2,1-4H3,(H2,20,21,22);1H. The summed E-state index contributed by atoms with van der Waals surface area (Å²) in [5.74, 6) is 0.902. The number of rotatable bonds is 4. The van der Waals surface area contributed by atoms with E-state index >= 15 is 0 Å². The third-order valence-corrected chi connectivity index (χ3v) is 5.24. The minimum atomic E-state index is 0. The first-order valence-corrected chi connectivity index (χ1v) is 8.84. The highest BCUT2D eigenvalue weighted by Gasteiger charge is 2.46. The number of nitrogens with one attached hydrogen (secondary N) is 2. The number of benzene rings is 1. The number of nitrogens with zero attached hydrogens (tertiary/aromatic N) is 2. The molecule has 5 heteroatoms. The van der Waals surface area contributed by atoms with E-state index in [0.29, 0.717) is 11.5 Å². The first-order valence-electron chi connectivity index (χ1n) is 8.84. The van der Waals surface area contributed by atoms with Crippen molar-refractivity contribution in [2.45, 2.75) is 52.1 Å². The highest BCUT2D eigenvalue weighted by molar-refractivity contribution is 14.0. The average molecular weight is 442 g/mol.